The Morgan fingerprint density at radius 3 is 2.41 bits per heavy atom. The largest absolute Gasteiger partial charge is 0.483 e. The van der Waals surface area contributed by atoms with Crippen molar-refractivity contribution in [2.45, 2.75) is 40.8 Å². The van der Waals surface area contributed by atoms with Crippen molar-refractivity contribution in [1.29, 1.82) is 0 Å². The van der Waals surface area contributed by atoms with Crippen LogP contribution in [-0.4, -0.2) is 22.3 Å². The number of carbonyl (C=O) groups is 1. The molecule has 5 nitrogen and oxygen atoms in total. The molecule has 3 aromatic rings. The Balaban J connectivity index is 1.59. The minimum Gasteiger partial charge on any atom is -0.483 e. The molecule has 0 saturated heterocycles. The highest BCUT2D eigenvalue weighted by Gasteiger charge is 2.14. The first kappa shape index (κ1) is 20.9. The number of ether oxygens (including phenoxy) is 1. The minimum atomic E-state index is -0.173. The van der Waals surface area contributed by atoms with Crippen LogP contribution in [0.1, 0.15) is 33.6 Å². The predicted octanol–water partition coefficient (Wildman–Crippen LogP) is 4.51. The Hall–Kier alpha value is -2.79. The molecular weight excluding hydrogens is 386 g/mol. The normalized spacial score (nSPS) is 10.8. The highest BCUT2D eigenvalue weighted by atomic mass is 35.5. The van der Waals surface area contributed by atoms with Crippen LogP contribution in [0.15, 0.2) is 42.5 Å². The fraction of sp³-hybridized carbons (Fsp3) is 0.304. The van der Waals surface area contributed by atoms with Crippen molar-refractivity contribution in [2.24, 2.45) is 0 Å². The van der Waals surface area contributed by atoms with Crippen molar-refractivity contribution in [3.63, 3.8) is 0 Å². The Morgan fingerprint density at radius 2 is 1.76 bits per heavy atom. The van der Waals surface area contributed by atoms with Crippen LogP contribution in [0.5, 0.6) is 5.75 Å². The molecule has 2 aromatic carbocycles. The van der Waals surface area contributed by atoms with Crippen molar-refractivity contribution in [3.05, 3.63) is 81.1 Å². The van der Waals surface area contributed by atoms with Crippen LogP contribution in [-0.2, 0) is 17.9 Å². The molecule has 0 atom stereocenters. The van der Waals surface area contributed by atoms with Gasteiger partial charge in [0.05, 0.1) is 12.2 Å². The first-order chi connectivity index (χ1) is 13.8. The minimum absolute atomic E-state index is 0.0421. The topological polar surface area (TPSA) is 56.1 Å². The van der Waals surface area contributed by atoms with E-state index in [4.69, 9.17) is 16.3 Å². The maximum atomic E-state index is 12.3. The van der Waals surface area contributed by atoms with Crippen molar-refractivity contribution in [1.82, 2.24) is 15.1 Å². The van der Waals surface area contributed by atoms with E-state index in [-0.39, 0.29) is 12.5 Å². The number of amides is 1. The summed E-state index contributed by atoms with van der Waals surface area (Å²) in [6, 6.07) is 13.9. The van der Waals surface area contributed by atoms with Crippen molar-refractivity contribution >= 4 is 17.5 Å². The van der Waals surface area contributed by atoms with Crippen molar-refractivity contribution < 1.29 is 9.53 Å². The number of rotatable bonds is 7. The smallest absolute Gasteiger partial charge is 0.258 e. The van der Waals surface area contributed by atoms with Gasteiger partial charge >= 0.3 is 0 Å². The fourth-order valence-electron chi connectivity index (χ4n) is 3.40. The Labute approximate surface area is 176 Å². The van der Waals surface area contributed by atoms with Crippen LogP contribution >= 0.6 is 11.6 Å². The monoisotopic (exact) mass is 411 g/mol. The number of aromatic nitrogens is 2. The maximum Gasteiger partial charge on any atom is 0.258 e. The Kier molecular flexibility index (Phi) is 6.60. The molecular formula is C23H26ClN3O2. The summed E-state index contributed by atoms with van der Waals surface area (Å²) in [4.78, 5) is 12.3. The average molecular weight is 412 g/mol. The van der Waals surface area contributed by atoms with Gasteiger partial charge in [0, 0.05) is 22.8 Å². The van der Waals surface area contributed by atoms with Gasteiger partial charge in [-0.1, -0.05) is 41.9 Å². The van der Waals surface area contributed by atoms with Gasteiger partial charge in [-0.25, -0.2) is 0 Å². The Morgan fingerprint density at radius 1 is 1.10 bits per heavy atom. The third-order valence-corrected chi connectivity index (χ3v) is 5.16. The zero-order chi connectivity index (χ0) is 21.0. The molecule has 1 N–H and O–H groups in total. The molecule has 0 aliphatic rings. The lowest BCUT2D eigenvalue weighted by Crippen LogP contribution is -2.29. The lowest BCUT2D eigenvalue weighted by atomic mass is 10.1. The molecule has 1 heterocycles. The number of hydrogen-bond donors (Lipinski definition) is 1. The molecule has 3 rings (SSSR count). The van der Waals surface area contributed by atoms with E-state index in [0.717, 1.165) is 28.1 Å². The number of nitrogens with zero attached hydrogens (tertiary/aromatic N) is 2. The predicted molar refractivity (Wildman–Crippen MR) is 116 cm³/mol. The molecule has 1 amide bonds. The summed E-state index contributed by atoms with van der Waals surface area (Å²) in [5.74, 6) is 0.529. The van der Waals surface area contributed by atoms with E-state index in [2.05, 4.69) is 22.5 Å². The molecule has 0 bridgehead atoms. The quantitative estimate of drug-likeness (QED) is 0.622. The van der Waals surface area contributed by atoms with Gasteiger partial charge in [0.25, 0.3) is 5.91 Å². The van der Waals surface area contributed by atoms with E-state index in [1.807, 2.05) is 62.7 Å². The SMILES string of the molecule is Cc1cc(Cl)cc(C)c1OCC(=O)NCc1c(C)nn(Cc2ccccc2)c1C. The molecule has 0 radical (unpaired) electrons. The second kappa shape index (κ2) is 9.14. The molecule has 0 aliphatic heterocycles. The van der Waals surface area contributed by atoms with Crippen LogP contribution in [0.2, 0.25) is 5.02 Å². The van der Waals surface area contributed by atoms with Crippen LogP contribution in [0.3, 0.4) is 0 Å². The van der Waals surface area contributed by atoms with Gasteiger partial charge in [-0.05, 0) is 56.5 Å². The third kappa shape index (κ3) is 5.18. The second-order valence-electron chi connectivity index (χ2n) is 7.23. The average Bonchev–Trinajstić information content (AvgIpc) is 2.93. The van der Waals surface area contributed by atoms with Gasteiger partial charge in [0.2, 0.25) is 0 Å². The Bertz CT molecular complexity index is 989. The molecule has 0 saturated carbocycles. The zero-order valence-corrected chi connectivity index (χ0v) is 18.0. The molecule has 0 spiro atoms. The molecule has 152 valence electrons. The first-order valence-electron chi connectivity index (χ1n) is 9.58. The van der Waals surface area contributed by atoms with Crippen LogP contribution < -0.4 is 10.1 Å². The van der Waals surface area contributed by atoms with E-state index < -0.39 is 0 Å². The lowest BCUT2D eigenvalue weighted by molar-refractivity contribution is -0.123. The molecule has 29 heavy (non-hydrogen) atoms. The van der Waals surface area contributed by atoms with E-state index >= 15 is 0 Å². The van der Waals surface area contributed by atoms with E-state index in [1.54, 1.807) is 0 Å². The summed E-state index contributed by atoms with van der Waals surface area (Å²) in [6.07, 6.45) is 0. The number of nitrogens with one attached hydrogen (secondary N) is 1. The van der Waals surface area contributed by atoms with Crippen molar-refractivity contribution in [3.8, 4) is 5.75 Å². The van der Waals surface area contributed by atoms with Gasteiger partial charge in [-0.15, -0.1) is 0 Å². The summed E-state index contributed by atoms with van der Waals surface area (Å²) in [5, 5.41) is 8.23. The maximum absolute atomic E-state index is 12.3. The van der Waals surface area contributed by atoms with Gasteiger partial charge in [0.1, 0.15) is 5.75 Å². The zero-order valence-electron chi connectivity index (χ0n) is 17.3. The van der Waals surface area contributed by atoms with Gasteiger partial charge in [0.15, 0.2) is 6.61 Å². The first-order valence-corrected chi connectivity index (χ1v) is 9.96. The summed E-state index contributed by atoms with van der Waals surface area (Å²) in [5.41, 5.74) is 6.03. The van der Waals surface area contributed by atoms with Gasteiger partial charge in [-0.2, -0.15) is 5.10 Å². The van der Waals surface area contributed by atoms with Crippen LogP contribution in [0.4, 0.5) is 0 Å². The highest BCUT2D eigenvalue weighted by Crippen LogP contribution is 2.27. The molecule has 6 heteroatoms. The second-order valence-corrected chi connectivity index (χ2v) is 7.66. The number of aryl methyl sites for hydroxylation is 3. The van der Waals surface area contributed by atoms with Gasteiger partial charge < -0.3 is 10.1 Å². The lowest BCUT2D eigenvalue weighted by Gasteiger charge is -2.13. The van der Waals surface area contributed by atoms with E-state index in [0.29, 0.717) is 23.9 Å². The summed E-state index contributed by atoms with van der Waals surface area (Å²) >= 11 is 6.04. The van der Waals surface area contributed by atoms with Crippen LogP contribution in [0, 0.1) is 27.7 Å². The summed E-state index contributed by atoms with van der Waals surface area (Å²) in [6.45, 7) is 8.92. The van der Waals surface area contributed by atoms with E-state index in [9.17, 15) is 4.79 Å². The highest BCUT2D eigenvalue weighted by molar-refractivity contribution is 6.30. The third-order valence-electron chi connectivity index (χ3n) is 4.94. The molecule has 0 unspecified atom stereocenters. The number of halogens is 1. The molecule has 0 fully saturated rings. The summed E-state index contributed by atoms with van der Waals surface area (Å²) < 4.78 is 7.70. The van der Waals surface area contributed by atoms with E-state index in [1.165, 1.54) is 5.56 Å². The van der Waals surface area contributed by atoms with Crippen molar-refractivity contribution in [2.75, 3.05) is 6.61 Å². The summed E-state index contributed by atoms with van der Waals surface area (Å²) in [7, 11) is 0. The number of carbonyl (C=O) groups excluding carboxylic acids is 1. The molecule has 0 aliphatic carbocycles. The van der Waals surface area contributed by atoms with Gasteiger partial charge in [-0.3, -0.25) is 9.48 Å². The number of hydrogen-bond acceptors (Lipinski definition) is 3. The standard InChI is InChI=1S/C23H26ClN3O2/c1-15-10-20(24)11-16(2)23(15)29-14-22(28)25-12-21-17(3)26-27(18(21)4)13-19-8-6-5-7-9-19/h5-11H,12-14H2,1-4H3,(H,25,28). The fourth-order valence-corrected chi connectivity index (χ4v) is 3.73. The number of benzene rings is 2. The molecule has 1 aromatic heterocycles. The van der Waals surface area contributed by atoms with Crippen LogP contribution in [0.25, 0.3) is 0 Å².